The van der Waals surface area contributed by atoms with Gasteiger partial charge in [-0.25, -0.2) is 0 Å². The summed E-state index contributed by atoms with van der Waals surface area (Å²) >= 11 is 12.2. The lowest BCUT2D eigenvalue weighted by molar-refractivity contribution is -0.385. The molecule has 0 atom stereocenters. The monoisotopic (exact) mass is 524 g/mol. The second-order valence-electron chi connectivity index (χ2n) is 7.04. The van der Waals surface area contributed by atoms with Crippen LogP contribution in [0.5, 0.6) is 0 Å². The number of benzene rings is 3. The van der Waals surface area contributed by atoms with Gasteiger partial charge in [-0.1, -0.05) is 59.6 Å². The number of anilines is 2. The number of fused-ring (bicyclic) bond motifs is 1. The van der Waals surface area contributed by atoms with Crippen molar-refractivity contribution in [2.45, 2.75) is 0 Å². The number of hydrogen-bond donors (Lipinski definition) is 2. The van der Waals surface area contributed by atoms with Gasteiger partial charge in [-0.3, -0.25) is 31.1 Å². The summed E-state index contributed by atoms with van der Waals surface area (Å²) in [4.78, 5) is 21.4. The molecule has 0 aliphatic heterocycles. The number of aromatic nitrogens is 2. The summed E-state index contributed by atoms with van der Waals surface area (Å²) in [5, 5.41) is 40.3. The molecule has 1 aromatic heterocycles. The van der Waals surface area contributed by atoms with E-state index >= 15 is 0 Å². The van der Waals surface area contributed by atoms with E-state index in [1.54, 1.807) is 24.3 Å². The summed E-state index contributed by atoms with van der Waals surface area (Å²) in [6.07, 6.45) is 2.45. The standard InChI is InChI=1S/C22H14Cl2N8O4/c23-17-7-3-9-19(31(33)34)15(17)11-25-27-21-13-5-1-2-6-14(13)22(30-29-21)28-26-12-16-18(24)8-4-10-20(16)32(35)36/h1-12H,(H,27,29)(H,28,30)/b25-11-,26-12+. The second-order valence-corrected chi connectivity index (χ2v) is 7.86. The molecule has 3 aromatic carbocycles. The van der Waals surface area contributed by atoms with Crippen LogP contribution in [0.15, 0.2) is 70.9 Å². The van der Waals surface area contributed by atoms with Crippen LogP contribution >= 0.6 is 23.2 Å². The number of nitrogens with zero attached hydrogens (tertiary/aromatic N) is 6. The fourth-order valence-corrected chi connectivity index (χ4v) is 3.65. The molecule has 4 rings (SSSR count). The van der Waals surface area contributed by atoms with E-state index in [0.717, 1.165) is 0 Å². The van der Waals surface area contributed by atoms with Crippen molar-refractivity contribution in [3.63, 3.8) is 0 Å². The topological polar surface area (TPSA) is 161 Å². The zero-order valence-corrected chi connectivity index (χ0v) is 19.5. The van der Waals surface area contributed by atoms with Gasteiger partial charge in [-0.2, -0.15) is 10.2 Å². The molecule has 0 bridgehead atoms. The number of nitro benzene ring substituents is 2. The Balaban J connectivity index is 1.60. The molecule has 0 unspecified atom stereocenters. The normalized spacial score (nSPS) is 11.3. The number of nitrogens with one attached hydrogen (secondary N) is 2. The van der Waals surface area contributed by atoms with E-state index in [0.29, 0.717) is 10.8 Å². The molecule has 0 saturated heterocycles. The van der Waals surface area contributed by atoms with Crippen molar-refractivity contribution in [2.75, 3.05) is 10.9 Å². The van der Waals surface area contributed by atoms with Gasteiger partial charge in [-0.05, 0) is 12.1 Å². The van der Waals surface area contributed by atoms with Crippen molar-refractivity contribution in [3.8, 4) is 0 Å². The van der Waals surface area contributed by atoms with Crippen LogP contribution in [0, 0.1) is 20.2 Å². The average molecular weight is 525 g/mol. The first-order valence-corrected chi connectivity index (χ1v) is 10.8. The van der Waals surface area contributed by atoms with Crippen LogP contribution in [0.1, 0.15) is 11.1 Å². The molecule has 0 fully saturated rings. The Labute approximate surface area is 212 Å². The molecule has 4 aromatic rings. The highest BCUT2D eigenvalue weighted by atomic mass is 35.5. The smallest absolute Gasteiger partial charge is 0.259 e. The summed E-state index contributed by atoms with van der Waals surface area (Å²) < 4.78 is 0. The van der Waals surface area contributed by atoms with Crippen LogP contribution in [0.4, 0.5) is 23.0 Å². The third-order valence-corrected chi connectivity index (χ3v) is 5.53. The molecule has 0 saturated carbocycles. The van der Waals surface area contributed by atoms with Crippen LogP contribution in [0.25, 0.3) is 10.8 Å². The minimum Gasteiger partial charge on any atom is -0.259 e. The summed E-state index contributed by atoms with van der Waals surface area (Å²) in [6, 6.07) is 15.7. The van der Waals surface area contributed by atoms with Gasteiger partial charge in [0.2, 0.25) is 0 Å². The molecule has 0 aliphatic rings. The maximum absolute atomic E-state index is 11.3. The first-order chi connectivity index (χ1) is 17.4. The van der Waals surface area contributed by atoms with Crippen LogP contribution in [0.2, 0.25) is 10.0 Å². The molecule has 12 nitrogen and oxygen atoms in total. The third-order valence-electron chi connectivity index (χ3n) is 4.87. The van der Waals surface area contributed by atoms with Crippen molar-refractivity contribution in [1.29, 1.82) is 0 Å². The Bertz CT molecular complexity index is 1430. The first kappa shape index (κ1) is 24.4. The first-order valence-electron chi connectivity index (χ1n) is 10.1. The predicted molar refractivity (Wildman–Crippen MR) is 138 cm³/mol. The Morgan fingerprint density at radius 2 is 1.11 bits per heavy atom. The highest BCUT2D eigenvalue weighted by molar-refractivity contribution is 6.34. The van der Waals surface area contributed by atoms with Crippen molar-refractivity contribution in [2.24, 2.45) is 10.2 Å². The maximum atomic E-state index is 11.3. The molecular formula is C22H14Cl2N8O4. The van der Waals surface area contributed by atoms with Crippen molar-refractivity contribution >= 4 is 69.4 Å². The average Bonchev–Trinajstić information content (AvgIpc) is 2.86. The lowest BCUT2D eigenvalue weighted by Gasteiger charge is -2.08. The van der Waals surface area contributed by atoms with Crippen molar-refractivity contribution < 1.29 is 9.85 Å². The Kier molecular flexibility index (Phi) is 7.28. The minimum atomic E-state index is -0.555. The number of hydrogen-bond acceptors (Lipinski definition) is 10. The summed E-state index contributed by atoms with van der Waals surface area (Å²) in [6.45, 7) is 0. The largest absolute Gasteiger partial charge is 0.279 e. The van der Waals surface area contributed by atoms with E-state index in [1.807, 2.05) is 0 Å². The van der Waals surface area contributed by atoms with E-state index < -0.39 is 9.85 Å². The zero-order valence-electron chi connectivity index (χ0n) is 18.0. The quantitative estimate of drug-likeness (QED) is 0.170. The fourth-order valence-electron chi connectivity index (χ4n) is 3.21. The van der Waals surface area contributed by atoms with Crippen molar-refractivity contribution in [3.05, 3.63) is 102 Å². The van der Waals surface area contributed by atoms with Gasteiger partial charge in [0.25, 0.3) is 11.4 Å². The minimum absolute atomic E-state index is 0.134. The second kappa shape index (κ2) is 10.7. The van der Waals surface area contributed by atoms with Crippen LogP contribution in [-0.2, 0) is 0 Å². The molecule has 0 spiro atoms. The van der Waals surface area contributed by atoms with Crippen LogP contribution in [0.3, 0.4) is 0 Å². The highest BCUT2D eigenvalue weighted by Gasteiger charge is 2.16. The van der Waals surface area contributed by atoms with Gasteiger partial charge in [0, 0.05) is 22.9 Å². The summed E-state index contributed by atoms with van der Waals surface area (Å²) in [5.41, 5.74) is 5.32. The molecule has 36 heavy (non-hydrogen) atoms. The molecular weight excluding hydrogens is 511 g/mol. The van der Waals surface area contributed by atoms with E-state index in [2.05, 4.69) is 31.3 Å². The maximum Gasteiger partial charge on any atom is 0.279 e. The van der Waals surface area contributed by atoms with Gasteiger partial charge < -0.3 is 0 Å². The fraction of sp³-hybridized carbons (Fsp3) is 0. The van der Waals surface area contributed by atoms with E-state index in [9.17, 15) is 20.2 Å². The molecule has 2 N–H and O–H groups in total. The molecule has 0 amide bonds. The highest BCUT2D eigenvalue weighted by Crippen LogP contribution is 2.28. The third kappa shape index (κ3) is 5.19. The molecule has 180 valence electrons. The van der Waals surface area contributed by atoms with Gasteiger partial charge in [-0.15, -0.1) is 10.2 Å². The Morgan fingerprint density at radius 1 is 0.694 bits per heavy atom. The molecule has 14 heteroatoms. The number of rotatable bonds is 8. The van der Waals surface area contributed by atoms with Crippen LogP contribution in [-0.4, -0.2) is 32.5 Å². The molecule has 1 heterocycles. The summed E-state index contributed by atoms with van der Waals surface area (Å²) in [5.74, 6) is 0.542. The van der Waals surface area contributed by atoms with Crippen LogP contribution < -0.4 is 10.9 Å². The van der Waals surface area contributed by atoms with Gasteiger partial charge in [0.1, 0.15) is 0 Å². The Morgan fingerprint density at radius 3 is 1.50 bits per heavy atom. The molecule has 0 aliphatic carbocycles. The number of hydrazone groups is 2. The predicted octanol–water partition coefficient (Wildman–Crippen LogP) is 5.65. The number of halogens is 2. The number of nitro groups is 2. The lowest BCUT2D eigenvalue weighted by atomic mass is 10.2. The summed E-state index contributed by atoms with van der Waals surface area (Å²) in [7, 11) is 0. The lowest BCUT2D eigenvalue weighted by Crippen LogP contribution is -2.03. The van der Waals surface area contributed by atoms with E-state index in [-0.39, 0.29) is 44.2 Å². The van der Waals surface area contributed by atoms with E-state index in [1.165, 1.54) is 48.8 Å². The SMILES string of the molecule is O=[N+]([O-])c1cccc(Cl)c1/C=N\Nc1nnc(N/N=C/c2c(Cl)cccc2[N+](=O)[O-])c2ccccc12. The van der Waals surface area contributed by atoms with Gasteiger partial charge in [0.05, 0.1) is 43.4 Å². The Hall–Kier alpha value is -4.68. The molecule has 0 radical (unpaired) electrons. The van der Waals surface area contributed by atoms with Crippen molar-refractivity contribution in [1.82, 2.24) is 10.2 Å². The van der Waals surface area contributed by atoms with Gasteiger partial charge in [0.15, 0.2) is 11.6 Å². The zero-order chi connectivity index (χ0) is 25.7. The van der Waals surface area contributed by atoms with Gasteiger partial charge >= 0.3 is 0 Å². The van der Waals surface area contributed by atoms with E-state index in [4.69, 9.17) is 23.2 Å².